The van der Waals surface area contributed by atoms with E-state index < -0.39 is 0 Å². The average molecular weight is 238 g/mol. The van der Waals surface area contributed by atoms with Gasteiger partial charge in [0.2, 0.25) is 0 Å². The molecular formula is C14H26N2O. The average Bonchev–Trinajstić information content (AvgIpc) is 2.33. The van der Waals surface area contributed by atoms with E-state index in [-0.39, 0.29) is 0 Å². The van der Waals surface area contributed by atoms with E-state index >= 15 is 0 Å². The molecule has 0 aliphatic rings. The molecule has 0 amide bonds. The van der Waals surface area contributed by atoms with Crippen LogP contribution in [0.1, 0.15) is 34.6 Å². The van der Waals surface area contributed by atoms with Gasteiger partial charge in [-0.1, -0.05) is 32.1 Å². The van der Waals surface area contributed by atoms with Gasteiger partial charge in [-0.05, 0) is 39.1 Å². The van der Waals surface area contributed by atoms with E-state index in [0.717, 1.165) is 18.4 Å². The Labute approximate surface area is 106 Å². The summed E-state index contributed by atoms with van der Waals surface area (Å²) in [6.07, 6.45) is 5.32. The number of aliphatic imine (C=N–C) groups is 2. The first kappa shape index (κ1) is 20.9. The first-order valence-electron chi connectivity index (χ1n) is 5.52. The molecule has 0 spiro atoms. The molecule has 0 unspecified atom stereocenters. The Kier molecular flexibility index (Phi) is 20.8. The van der Waals surface area contributed by atoms with Crippen LogP contribution in [0.25, 0.3) is 0 Å². The van der Waals surface area contributed by atoms with Gasteiger partial charge in [-0.15, -0.1) is 0 Å². The van der Waals surface area contributed by atoms with Crippen molar-refractivity contribution in [3.63, 3.8) is 0 Å². The van der Waals surface area contributed by atoms with Crippen LogP contribution < -0.4 is 0 Å². The zero-order chi connectivity index (χ0) is 14.3. The highest BCUT2D eigenvalue weighted by molar-refractivity contribution is 5.64. The summed E-state index contributed by atoms with van der Waals surface area (Å²) >= 11 is 0. The summed E-state index contributed by atoms with van der Waals surface area (Å²) in [5, 5.41) is 7.00. The van der Waals surface area contributed by atoms with E-state index in [1.54, 1.807) is 0 Å². The van der Waals surface area contributed by atoms with Crippen molar-refractivity contribution in [2.75, 3.05) is 7.11 Å². The highest BCUT2D eigenvalue weighted by atomic mass is 16.2. The van der Waals surface area contributed by atoms with Crippen LogP contribution in [0.5, 0.6) is 0 Å². The van der Waals surface area contributed by atoms with Gasteiger partial charge in [0.15, 0.2) is 0 Å². The Morgan fingerprint density at radius 2 is 1.53 bits per heavy atom. The number of allylic oxidation sites excluding steroid dienone is 4. The Balaban J connectivity index is -0.000000439. The van der Waals surface area contributed by atoms with Crippen molar-refractivity contribution in [1.82, 2.24) is 0 Å². The third kappa shape index (κ3) is 17.2. The van der Waals surface area contributed by atoms with Gasteiger partial charge in [0.05, 0.1) is 5.70 Å². The first-order chi connectivity index (χ1) is 8.07. The van der Waals surface area contributed by atoms with Crippen molar-refractivity contribution < 1.29 is 5.11 Å². The Morgan fingerprint density at radius 3 is 1.82 bits per heavy atom. The molecule has 0 aliphatic heterocycles. The number of aliphatic hydroxyl groups is 1. The second-order valence-electron chi connectivity index (χ2n) is 3.00. The quantitative estimate of drug-likeness (QED) is 0.452. The molecule has 0 fully saturated rings. The molecule has 3 nitrogen and oxygen atoms in total. The second-order valence-corrected chi connectivity index (χ2v) is 3.00. The molecule has 98 valence electrons. The highest BCUT2D eigenvalue weighted by Gasteiger charge is 1.91. The van der Waals surface area contributed by atoms with Crippen LogP contribution in [-0.2, 0) is 0 Å². The van der Waals surface area contributed by atoms with E-state index in [1.165, 1.54) is 11.9 Å². The van der Waals surface area contributed by atoms with E-state index in [0.29, 0.717) is 0 Å². The lowest BCUT2D eigenvalue weighted by Crippen LogP contribution is -1.79. The molecule has 0 aromatic rings. The lowest BCUT2D eigenvalue weighted by atomic mass is 10.2. The number of hydrogen-bond acceptors (Lipinski definition) is 2. The number of rotatable bonds is 4. The third-order valence-electron chi connectivity index (χ3n) is 1.29. The van der Waals surface area contributed by atoms with Gasteiger partial charge in [-0.3, -0.25) is 4.99 Å². The van der Waals surface area contributed by atoms with Crippen LogP contribution in [0.4, 0.5) is 0 Å². The van der Waals surface area contributed by atoms with Crippen molar-refractivity contribution in [2.45, 2.75) is 34.6 Å². The van der Waals surface area contributed by atoms with Gasteiger partial charge in [0.1, 0.15) is 6.34 Å². The van der Waals surface area contributed by atoms with Crippen LogP contribution in [-0.4, -0.2) is 25.3 Å². The molecular weight excluding hydrogens is 212 g/mol. The summed E-state index contributed by atoms with van der Waals surface area (Å²) in [6, 6.07) is 0. The smallest absolute Gasteiger partial charge is 0.115 e. The molecule has 17 heavy (non-hydrogen) atoms. The molecule has 0 atom stereocenters. The van der Waals surface area contributed by atoms with Gasteiger partial charge < -0.3 is 5.11 Å². The van der Waals surface area contributed by atoms with Gasteiger partial charge in [0.25, 0.3) is 0 Å². The maximum atomic E-state index is 7.00. The van der Waals surface area contributed by atoms with Crippen molar-refractivity contribution in [2.24, 2.45) is 9.98 Å². The van der Waals surface area contributed by atoms with Crippen molar-refractivity contribution in [3.05, 3.63) is 35.6 Å². The van der Waals surface area contributed by atoms with Crippen LogP contribution in [0.3, 0.4) is 0 Å². The predicted octanol–water partition coefficient (Wildman–Crippen LogP) is 3.78. The summed E-state index contributed by atoms with van der Waals surface area (Å²) < 4.78 is 0. The fourth-order valence-corrected chi connectivity index (χ4v) is 0.644. The SMILES string of the molecule is C=NC=N/C(=C/C=C(C)C)C(=C)C.CC.CO. The summed E-state index contributed by atoms with van der Waals surface area (Å²) in [5.41, 5.74) is 2.96. The van der Waals surface area contributed by atoms with Gasteiger partial charge in [-0.2, -0.15) is 0 Å². The lowest BCUT2D eigenvalue weighted by molar-refractivity contribution is 0.399. The van der Waals surface area contributed by atoms with Crippen molar-refractivity contribution >= 4 is 13.1 Å². The molecule has 0 saturated heterocycles. The number of aliphatic hydroxyl groups excluding tert-OH is 1. The predicted molar refractivity (Wildman–Crippen MR) is 79.9 cm³/mol. The zero-order valence-electron chi connectivity index (χ0n) is 12.0. The molecule has 0 bridgehead atoms. The van der Waals surface area contributed by atoms with Crippen LogP contribution in [0.15, 0.2) is 45.6 Å². The van der Waals surface area contributed by atoms with E-state index in [9.17, 15) is 0 Å². The first-order valence-corrected chi connectivity index (χ1v) is 5.52. The summed E-state index contributed by atoms with van der Waals surface area (Å²) in [4.78, 5) is 7.62. The molecule has 3 heteroatoms. The maximum absolute atomic E-state index is 7.00. The molecule has 0 saturated carbocycles. The molecule has 0 aliphatic carbocycles. The molecule has 0 aromatic carbocycles. The second kappa shape index (κ2) is 16.9. The Morgan fingerprint density at radius 1 is 1.06 bits per heavy atom. The number of hydrogen-bond donors (Lipinski definition) is 1. The minimum absolute atomic E-state index is 0.827. The minimum Gasteiger partial charge on any atom is -0.400 e. The molecule has 1 N–H and O–H groups in total. The fourth-order valence-electron chi connectivity index (χ4n) is 0.644. The Hall–Kier alpha value is -1.48. The van der Waals surface area contributed by atoms with Gasteiger partial charge >= 0.3 is 0 Å². The van der Waals surface area contributed by atoms with Crippen molar-refractivity contribution in [3.8, 4) is 0 Å². The number of nitrogens with zero attached hydrogens (tertiary/aromatic N) is 2. The topological polar surface area (TPSA) is 45.0 Å². The summed E-state index contributed by atoms with van der Waals surface area (Å²) in [6.45, 7) is 17.1. The van der Waals surface area contributed by atoms with Gasteiger partial charge in [-0.25, -0.2) is 4.99 Å². The normalized spacial score (nSPS) is 9.47. The molecule has 0 radical (unpaired) electrons. The highest BCUT2D eigenvalue weighted by Crippen LogP contribution is 2.08. The van der Waals surface area contributed by atoms with Crippen LogP contribution >= 0.6 is 0 Å². The summed E-state index contributed by atoms with van der Waals surface area (Å²) in [5.74, 6) is 0. The largest absolute Gasteiger partial charge is 0.400 e. The fraction of sp³-hybridized carbons (Fsp3) is 0.429. The van der Waals surface area contributed by atoms with E-state index in [1.807, 2.05) is 46.8 Å². The molecule has 0 heterocycles. The monoisotopic (exact) mass is 238 g/mol. The van der Waals surface area contributed by atoms with Crippen LogP contribution in [0.2, 0.25) is 0 Å². The minimum atomic E-state index is 0.827. The standard InChI is InChI=1S/C11H16N2.C2H6.CH4O/c1-9(2)6-7-11(10(3)4)13-8-12-5;2*1-2/h6-8H,3,5H2,1-2,4H3;1-2H3;2H,1H3/b11-7+,13-8?;;. The van der Waals surface area contributed by atoms with E-state index in [4.69, 9.17) is 5.11 Å². The molecule has 0 rings (SSSR count). The molecule has 0 aromatic heterocycles. The Bertz CT molecular complexity index is 283. The van der Waals surface area contributed by atoms with Gasteiger partial charge in [0, 0.05) is 7.11 Å². The maximum Gasteiger partial charge on any atom is 0.115 e. The lowest BCUT2D eigenvalue weighted by Gasteiger charge is -1.96. The van der Waals surface area contributed by atoms with Crippen LogP contribution in [0, 0.1) is 0 Å². The van der Waals surface area contributed by atoms with Crippen molar-refractivity contribution in [1.29, 1.82) is 0 Å². The van der Waals surface area contributed by atoms with E-state index in [2.05, 4.69) is 23.3 Å². The third-order valence-corrected chi connectivity index (χ3v) is 1.29. The summed E-state index contributed by atoms with van der Waals surface area (Å²) in [7, 11) is 1.00. The zero-order valence-corrected chi connectivity index (χ0v) is 12.0.